The average molecular weight is 244 g/mol. The van der Waals surface area contributed by atoms with Gasteiger partial charge in [-0.3, -0.25) is 0 Å². The molecule has 1 fully saturated rings. The maximum atomic E-state index is 3.73. The average Bonchev–Trinajstić information content (AvgIpc) is 2.81. The molecule has 0 bridgehead atoms. The Hall–Kier alpha value is -1.02. The lowest BCUT2D eigenvalue weighted by Gasteiger charge is -2.35. The van der Waals surface area contributed by atoms with Gasteiger partial charge in [0.25, 0.3) is 0 Å². The second-order valence-electron chi connectivity index (χ2n) is 6.03. The van der Waals surface area contributed by atoms with Crippen molar-refractivity contribution >= 4 is 5.69 Å². The summed E-state index contributed by atoms with van der Waals surface area (Å²) in [5.74, 6) is 0. The summed E-state index contributed by atoms with van der Waals surface area (Å²) in [6.07, 6.45) is 6.41. The molecule has 0 amide bonds. The first-order chi connectivity index (χ1) is 8.72. The fourth-order valence-electron chi connectivity index (χ4n) is 3.32. The van der Waals surface area contributed by atoms with E-state index in [2.05, 4.69) is 42.4 Å². The van der Waals surface area contributed by atoms with Crippen molar-refractivity contribution in [3.05, 3.63) is 29.3 Å². The van der Waals surface area contributed by atoms with Crippen LogP contribution in [0, 0.1) is 0 Å². The van der Waals surface area contributed by atoms with Gasteiger partial charge in [0.2, 0.25) is 0 Å². The van der Waals surface area contributed by atoms with Gasteiger partial charge in [-0.25, -0.2) is 0 Å². The molecule has 1 aromatic rings. The summed E-state index contributed by atoms with van der Waals surface area (Å²) < 4.78 is 0. The van der Waals surface area contributed by atoms with Crippen LogP contribution in [0.5, 0.6) is 0 Å². The fraction of sp³-hybridized carbons (Fsp3) is 0.625. The van der Waals surface area contributed by atoms with Gasteiger partial charge in [-0.2, -0.15) is 0 Å². The van der Waals surface area contributed by atoms with Crippen LogP contribution in [0.25, 0.3) is 0 Å². The van der Waals surface area contributed by atoms with Crippen LogP contribution in [0.2, 0.25) is 0 Å². The Bertz CT molecular complexity index is 427. The fourth-order valence-corrected chi connectivity index (χ4v) is 3.32. The molecule has 1 aromatic carbocycles. The van der Waals surface area contributed by atoms with E-state index >= 15 is 0 Å². The summed E-state index contributed by atoms with van der Waals surface area (Å²) in [7, 11) is 2.23. The normalized spacial score (nSPS) is 28.1. The molecule has 0 aromatic heterocycles. The van der Waals surface area contributed by atoms with Crippen molar-refractivity contribution in [1.82, 2.24) is 4.90 Å². The summed E-state index contributed by atoms with van der Waals surface area (Å²) in [6.45, 7) is 3.54. The number of nitrogens with zero attached hydrogens (tertiary/aromatic N) is 1. The molecule has 1 aliphatic heterocycles. The van der Waals surface area contributed by atoms with Gasteiger partial charge in [0, 0.05) is 24.3 Å². The first kappa shape index (κ1) is 12.0. The molecule has 2 nitrogen and oxygen atoms in total. The number of piperidine rings is 1. The van der Waals surface area contributed by atoms with Crippen LogP contribution in [0.3, 0.4) is 0 Å². The number of anilines is 1. The predicted molar refractivity (Wildman–Crippen MR) is 77.2 cm³/mol. The molecule has 0 saturated carbocycles. The van der Waals surface area contributed by atoms with Crippen molar-refractivity contribution in [3.8, 4) is 0 Å². The minimum Gasteiger partial charge on any atom is -0.382 e. The van der Waals surface area contributed by atoms with E-state index in [-0.39, 0.29) is 0 Å². The smallest absolute Gasteiger partial charge is 0.0345 e. The number of fused-ring (bicyclic) bond motifs is 1. The molecule has 2 atom stereocenters. The molecule has 0 radical (unpaired) electrons. The molecular formula is C16H24N2. The summed E-state index contributed by atoms with van der Waals surface area (Å²) in [6, 6.07) is 8.32. The maximum absolute atomic E-state index is 3.73. The zero-order chi connectivity index (χ0) is 12.5. The third-order valence-corrected chi connectivity index (χ3v) is 4.68. The molecular weight excluding hydrogens is 220 g/mol. The lowest BCUT2D eigenvalue weighted by Crippen LogP contribution is -2.42. The highest BCUT2D eigenvalue weighted by atomic mass is 15.1. The van der Waals surface area contributed by atoms with Crippen LogP contribution in [-0.2, 0) is 12.8 Å². The molecule has 1 aliphatic carbocycles. The van der Waals surface area contributed by atoms with Gasteiger partial charge in [-0.15, -0.1) is 0 Å². The van der Waals surface area contributed by atoms with Gasteiger partial charge in [-0.05, 0) is 69.3 Å². The molecule has 1 N–H and O–H groups in total. The first-order valence-electron chi connectivity index (χ1n) is 7.31. The maximum Gasteiger partial charge on any atom is 0.0345 e. The first-order valence-corrected chi connectivity index (χ1v) is 7.31. The van der Waals surface area contributed by atoms with E-state index in [0.29, 0.717) is 12.1 Å². The topological polar surface area (TPSA) is 15.3 Å². The Labute approximate surface area is 110 Å². The zero-order valence-electron chi connectivity index (χ0n) is 11.6. The Kier molecular flexibility index (Phi) is 3.29. The van der Waals surface area contributed by atoms with Crippen molar-refractivity contribution < 1.29 is 0 Å². The van der Waals surface area contributed by atoms with Crippen LogP contribution < -0.4 is 5.32 Å². The van der Waals surface area contributed by atoms with E-state index in [0.717, 1.165) is 0 Å². The number of benzene rings is 1. The number of likely N-dealkylation sites (tertiary alicyclic amines) is 1. The van der Waals surface area contributed by atoms with Crippen LogP contribution in [0.4, 0.5) is 5.69 Å². The second kappa shape index (κ2) is 4.93. The standard InChI is InChI=1S/C16H24N2/c1-12-10-16(8-9-18(12)2)17-15-7-6-13-4-3-5-14(13)11-15/h6-7,11-12,16-17H,3-5,8-10H2,1-2H3. The van der Waals surface area contributed by atoms with Crippen molar-refractivity contribution in [2.45, 2.75) is 51.1 Å². The third-order valence-electron chi connectivity index (χ3n) is 4.68. The number of rotatable bonds is 2. The van der Waals surface area contributed by atoms with E-state index in [1.54, 1.807) is 11.1 Å². The quantitative estimate of drug-likeness (QED) is 0.860. The minimum atomic E-state index is 0.649. The van der Waals surface area contributed by atoms with E-state index < -0.39 is 0 Å². The molecule has 2 unspecified atom stereocenters. The van der Waals surface area contributed by atoms with Gasteiger partial charge in [0.05, 0.1) is 0 Å². The van der Waals surface area contributed by atoms with Crippen molar-refractivity contribution in [3.63, 3.8) is 0 Å². The summed E-state index contributed by atoms with van der Waals surface area (Å²) in [5.41, 5.74) is 4.47. The lowest BCUT2D eigenvalue weighted by atomic mass is 9.98. The second-order valence-corrected chi connectivity index (χ2v) is 6.03. The molecule has 1 heterocycles. The summed E-state index contributed by atoms with van der Waals surface area (Å²) in [5, 5.41) is 3.73. The van der Waals surface area contributed by atoms with Gasteiger partial charge in [0.1, 0.15) is 0 Å². The van der Waals surface area contributed by atoms with E-state index in [9.17, 15) is 0 Å². The zero-order valence-corrected chi connectivity index (χ0v) is 11.6. The monoisotopic (exact) mass is 244 g/mol. The number of nitrogens with one attached hydrogen (secondary N) is 1. The van der Waals surface area contributed by atoms with Crippen LogP contribution in [-0.4, -0.2) is 30.6 Å². The molecule has 2 aliphatic rings. The van der Waals surface area contributed by atoms with Gasteiger partial charge in [-0.1, -0.05) is 6.07 Å². The predicted octanol–water partition coefficient (Wildman–Crippen LogP) is 3.07. The lowest BCUT2D eigenvalue weighted by molar-refractivity contribution is 0.190. The van der Waals surface area contributed by atoms with E-state index in [4.69, 9.17) is 0 Å². The summed E-state index contributed by atoms with van der Waals surface area (Å²) >= 11 is 0. The molecule has 3 rings (SSSR count). The van der Waals surface area contributed by atoms with Gasteiger partial charge >= 0.3 is 0 Å². The Morgan fingerprint density at radius 3 is 2.89 bits per heavy atom. The molecule has 18 heavy (non-hydrogen) atoms. The minimum absolute atomic E-state index is 0.649. The molecule has 2 heteroatoms. The van der Waals surface area contributed by atoms with Gasteiger partial charge in [0.15, 0.2) is 0 Å². The number of aryl methyl sites for hydroxylation is 2. The third kappa shape index (κ3) is 2.39. The highest BCUT2D eigenvalue weighted by Gasteiger charge is 2.22. The van der Waals surface area contributed by atoms with Crippen LogP contribution in [0.1, 0.15) is 37.3 Å². The number of hydrogen-bond donors (Lipinski definition) is 1. The largest absolute Gasteiger partial charge is 0.382 e. The Morgan fingerprint density at radius 2 is 2.06 bits per heavy atom. The van der Waals surface area contributed by atoms with E-state index in [1.165, 1.54) is 44.3 Å². The number of hydrogen-bond acceptors (Lipinski definition) is 2. The molecule has 0 spiro atoms. The SMILES string of the molecule is CC1CC(Nc2ccc3c(c2)CCC3)CCN1C. The molecule has 1 saturated heterocycles. The van der Waals surface area contributed by atoms with Crippen LogP contribution >= 0.6 is 0 Å². The summed E-state index contributed by atoms with van der Waals surface area (Å²) in [4.78, 5) is 2.46. The van der Waals surface area contributed by atoms with Crippen molar-refractivity contribution in [1.29, 1.82) is 0 Å². The molecule has 98 valence electrons. The Morgan fingerprint density at radius 1 is 1.22 bits per heavy atom. The van der Waals surface area contributed by atoms with E-state index in [1.807, 2.05) is 0 Å². The van der Waals surface area contributed by atoms with Crippen molar-refractivity contribution in [2.24, 2.45) is 0 Å². The van der Waals surface area contributed by atoms with Crippen LogP contribution in [0.15, 0.2) is 18.2 Å². The highest BCUT2D eigenvalue weighted by molar-refractivity contribution is 5.50. The highest BCUT2D eigenvalue weighted by Crippen LogP contribution is 2.26. The van der Waals surface area contributed by atoms with Gasteiger partial charge < -0.3 is 10.2 Å². The van der Waals surface area contributed by atoms with Crippen molar-refractivity contribution in [2.75, 3.05) is 18.9 Å². The Balaban J connectivity index is 1.66.